The molecular weight excluding hydrogens is 489 g/mol. The Kier molecular flexibility index (Phi) is 8.85. The van der Waals surface area contributed by atoms with Gasteiger partial charge in [0.25, 0.3) is 0 Å². The van der Waals surface area contributed by atoms with Crippen LogP contribution in [0.3, 0.4) is 0 Å². The summed E-state index contributed by atoms with van der Waals surface area (Å²) in [5, 5.41) is 16.7. The molecule has 1 unspecified atom stereocenters. The van der Waals surface area contributed by atoms with E-state index in [1.54, 1.807) is 16.4 Å². The van der Waals surface area contributed by atoms with Crippen molar-refractivity contribution in [2.24, 2.45) is 5.41 Å². The van der Waals surface area contributed by atoms with Crippen molar-refractivity contribution in [2.45, 2.75) is 62.2 Å². The van der Waals surface area contributed by atoms with Crippen LogP contribution in [-0.4, -0.2) is 91.5 Å². The van der Waals surface area contributed by atoms with Crippen molar-refractivity contribution < 1.29 is 41.3 Å². The number of nitrogens with zero attached hydrogens (tertiary/aromatic N) is 2. The number of aliphatic hydroxyl groups is 1. The lowest BCUT2D eigenvalue weighted by Gasteiger charge is -2.38. The van der Waals surface area contributed by atoms with Crippen molar-refractivity contribution in [3.05, 3.63) is 29.8 Å². The Bertz CT molecular complexity index is 980. The maximum absolute atomic E-state index is 13.0. The highest BCUT2D eigenvalue weighted by Crippen LogP contribution is 2.43. The standard InChI is InChI=1S/C21H32N2O4S.C2HF3O2/c1-17-5-2-3-7-20(17)28(25,26)23-11-8-21(9-12-23)13-19(27-16-21)14-22-10-4-6-18(22)15-24;3-2(4,5)1(6)7/h2-3,5,7,18-19,24H,4,6,8-16H2,1H3;(H,6,7)/t18-,19?;/m0./s1. The molecule has 0 bridgehead atoms. The molecule has 1 aromatic carbocycles. The van der Waals surface area contributed by atoms with Gasteiger partial charge in [0.15, 0.2) is 0 Å². The molecular formula is C23H33F3N2O6S. The molecule has 3 aliphatic heterocycles. The van der Waals surface area contributed by atoms with E-state index in [1.165, 1.54) is 0 Å². The summed E-state index contributed by atoms with van der Waals surface area (Å²) in [6.07, 6.45) is 0.0527. The van der Waals surface area contributed by atoms with Gasteiger partial charge < -0.3 is 14.9 Å². The Balaban J connectivity index is 0.000000429. The molecule has 0 aliphatic carbocycles. The van der Waals surface area contributed by atoms with Gasteiger partial charge in [0.2, 0.25) is 10.0 Å². The molecule has 3 saturated heterocycles. The maximum Gasteiger partial charge on any atom is 0.490 e. The lowest BCUT2D eigenvalue weighted by molar-refractivity contribution is -0.192. The van der Waals surface area contributed by atoms with E-state index in [-0.39, 0.29) is 24.2 Å². The highest BCUT2D eigenvalue weighted by atomic mass is 32.2. The van der Waals surface area contributed by atoms with Crippen LogP contribution in [0.25, 0.3) is 0 Å². The molecule has 1 aromatic rings. The molecule has 4 rings (SSSR count). The summed E-state index contributed by atoms with van der Waals surface area (Å²) in [6.45, 7) is 5.87. The lowest BCUT2D eigenvalue weighted by Crippen LogP contribution is -2.44. The quantitative estimate of drug-likeness (QED) is 0.612. The van der Waals surface area contributed by atoms with E-state index in [0.717, 1.165) is 57.4 Å². The van der Waals surface area contributed by atoms with E-state index in [4.69, 9.17) is 14.6 Å². The third kappa shape index (κ3) is 6.73. The number of hydrogen-bond donors (Lipinski definition) is 2. The summed E-state index contributed by atoms with van der Waals surface area (Å²) >= 11 is 0. The molecule has 3 heterocycles. The second kappa shape index (κ2) is 11.1. The monoisotopic (exact) mass is 522 g/mol. The van der Waals surface area contributed by atoms with Crippen molar-refractivity contribution in [1.29, 1.82) is 0 Å². The van der Waals surface area contributed by atoms with Crippen LogP contribution in [-0.2, 0) is 19.6 Å². The normalized spacial score (nSPS) is 25.4. The van der Waals surface area contributed by atoms with Gasteiger partial charge in [-0.05, 0) is 62.6 Å². The van der Waals surface area contributed by atoms with E-state index in [9.17, 15) is 26.7 Å². The van der Waals surface area contributed by atoms with Gasteiger partial charge in [-0.2, -0.15) is 17.5 Å². The summed E-state index contributed by atoms with van der Waals surface area (Å²) in [7, 11) is -3.43. The average molecular weight is 523 g/mol. The van der Waals surface area contributed by atoms with Crippen LogP contribution in [0.5, 0.6) is 0 Å². The average Bonchev–Trinajstić information content (AvgIpc) is 3.41. The molecule has 0 radical (unpaired) electrons. The van der Waals surface area contributed by atoms with E-state index in [2.05, 4.69) is 4.90 Å². The van der Waals surface area contributed by atoms with Gasteiger partial charge in [0.1, 0.15) is 0 Å². The van der Waals surface area contributed by atoms with Gasteiger partial charge in [0.05, 0.1) is 24.2 Å². The van der Waals surface area contributed by atoms with Crippen LogP contribution >= 0.6 is 0 Å². The van der Waals surface area contributed by atoms with Crippen molar-refractivity contribution >= 4 is 16.0 Å². The number of ether oxygens (including phenoxy) is 1. The Morgan fingerprint density at radius 1 is 1.20 bits per heavy atom. The highest BCUT2D eigenvalue weighted by molar-refractivity contribution is 7.89. The van der Waals surface area contributed by atoms with Gasteiger partial charge in [-0.3, -0.25) is 4.90 Å². The second-order valence-electron chi connectivity index (χ2n) is 9.58. The van der Waals surface area contributed by atoms with Gasteiger partial charge in [-0.1, -0.05) is 18.2 Å². The Morgan fingerprint density at radius 3 is 2.40 bits per heavy atom. The summed E-state index contributed by atoms with van der Waals surface area (Å²) in [5.41, 5.74) is 0.910. The first-order chi connectivity index (χ1) is 16.4. The molecule has 0 amide bonds. The number of benzene rings is 1. The fraction of sp³-hybridized carbons (Fsp3) is 0.696. The van der Waals surface area contributed by atoms with Crippen molar-refractivity contribution in [1.82, 2.24) is 9.21 Å². The van der Waals surface area contributed by atoms with Crippen LogP contribution in [0, 0.1) is 12.3 Å². The molecule has 35 heavy (non-hydrogen) atoms. The summed E-state index contributed by atoms with van der Waals surface area (Å²) in [5.74, 6) is -2.76. The van der Waals surface area contributed by atoms with Crippen molar-refractivity contribution in [3.8, 4) is 0 Å². The van der Waals surface area contributed by atoms with E-state index in [1.807, 2.05) is 19.1 Å². The molecule has 3 aliphatic rings. The Hall–Kier alpha value is -1.73. The van der Waals surface area contributed by atoms with Gasteiger partial charge >= 0.3 is 12.1 Å². The number of aliphatic carboxylic acids is 1. The minimum atomic E-state index is -5.08. The van der Waals surface area contributed by atoms with E-state index >= 15 is 0 Å². The summed E-state index contributed by atoms with van der Waals surface area (Å²) in [6, 6.07) is 7.50. The number of rotatable bonds is 5. The summed E-state index contributed by atoms with van der Waals surface area (Å²) < 4.78 is 65.6. The number of carboxylic acid groups (broad SMARTS) is 1. The largest absolute Gasteiger partial charge is 0.490 e. The van der Waals surface area contributed by atoms with Gasteiger partial charge in [0, 0.05) is 25.7 Å². The topological polar surface area (TPSA) is 107 Å². The maximum atomic E-state index is 13.0. The first-order valence-corrected chi connectivity index (χ1v) is 13.1. The smallest absolute Gasteiger partial charge is 0.475 e. The van der Waals surface area contributed by atoms with Gasteiger partial charge in [-0.15, -0.1) is 0 Å². The molecule has 8 nitrogen and oxygen atoms in total. The predicted molar refractivity (Wildman–Crippen MR) is 121 cm³/mol. The molecule has 3 fully saturated rings. The first-order valence-electron chi connectivity index (χ1n) is 11.7. The van der Waals surface area contributed by atoms with Crippen LogP contribution in [0.4, 0.5) is 13.2 Å². The lowest BCUT2D eigenvalue weighted by atomic mass is 9.77. The number of aliphatic hydroxyl groups excluding tert-OH is 1. The number of alkyl halides is 3. The van der Waals surface area contributed by atoms with Crippen LogP contribution in [0.15, 0.2) is 29.2 Å². The minimum absolute atomic E-state index is 0.108. The first kappa shape index (κ1) is 27.9. The zero-order valence-corrected chi connectivity index (χ0v) is 20.5. The van der Waals surface area contributed by atoms with E-state index in [0.29, 0.717) is 18.0 Å². The third-order valence-corrected chi connectivity index (χ3v) is 9.23. The number of halogens is 3. The molecule has 2 atom stereocenters. The van der Waals surface area contributed by atoms with Crippen LogP contribution in [0.2, 0.25) is 0 Å². The van der Waals surface area contributed by atoms with E-state index < -0.39 is 22.2 Å². The third-order valence-electron chi connectivity index (χ3n) is 7.17. The predicted octanol–water partition coefficient (Wildman–Crippen LogP) is 2.64. The number of aryl methyl sites for hydroxylation is 1. The number of sulfonamides is 1. The number of carboxylic acids is 1. The fourth-order valence-electron chi connectivity index (χ4n) is 5.15. The molecule has 2 N–H and O–H groups in total. The fourth-order valence-corrected chi connectivity index (χ4v) is 6.82. The highest BCUT2D eigenvalue weighted by Gasteiger charge is 2.45. The number of piperidine rings is 1. The molecule has 12 heteroatoms. The van der Waals surface area contributed by atoms with Crippen molar-refractivity contribution in [3.63, 3.8) is 0 Å². The Labute approximate surface area is 203 Å². The van der Waals surface area contributed by atoms with Gasteiger partial charge in [-0.25, -0.2) is 13.2 Å². The molecule has 0 saturated carbocycles. The SMILES string of the molecule is Cc1ccccc1S(=O)(=O)N1CCC2(CC1)COC(CN1CCC[C@H]1CO)C2.O=C(O)C(F)(F)F. The van der Waals surface area contributed by atoms with Crippen LogP contribution in [0.1, 0.15) is 37.7 Å². The number of hydrogen-bond acceptors (Lipinski definition) is 6. The zero-order chi connectivity index (χ0) is 25.9. The number of likely N-dealkylation sites (tertiary alicyclic amines) is 1. The minimum Gasteiger partial charge on any atom is -0.475 e. The summed E-state index contributed by atoms with van der Waals surface area (Å²) in [4.78, 5) is 11.7. The molecule has 0 aromatic heterocycles. The second-order valence-corrected chi connectivity index (χ2v) is 11.5. The molecule has 198 valence electrons. The Morgan fingerprint density at radius 2 is 1.83 bits per heavy atom. The number of carbonyl (C=O) groups is 1. The zero-order valence-electron chi connectivity index (χ0n) is 19.7. The van der Waals surface area contributed by atoms with Crippen LogP contribution < -0.4 is 0 Å². The molecule has 1 spiro atoms. The van der Waals surface area contributed by atoms with Crippen molar-refractivity contribution in [2.75, 3.05) is 39.4 Å².